The third kappa shape index (κ3) is 4.01. The molecule has 2 aromatic carbocycles. The fraction of sp³-hybridized carbons (Fsp3) is 0.552. The second-order valence-corrected chi connectivity index (χ2v) is 11.3. The van der Waals surface area contributed by atoms with Crippen LogP contribution in [0.2, 0.25) is 0 Å². The van der Waals surface area contributed by atoms with E-state index in [0.29, 0.717) is 5.41 Å². The maximum atomic E-state index is 12.8. The van der Waals surface area contributed by atoms with E-state index in [1.165, 1.54) is 82.0 Å². The number of rotatable bonds is 5. The topological polar surface area (TPSA) is 32.3 Å². The first kappa shape index (κ1) is 20.5. The molecule has 4 saturated carbocycles. The largest absolute Gasteiger partial charge is 0.322 e. The summed E-state index contributed by atoms with van der Waals surface area (Å²) in [6.07, 6.45) is 12.6. The van der Waals surface area contributed by atoms with Crippen LogP contribution in [0.25, 0.3) is 0 Å². The lowest BCUT2D eigenvalue weighted by molar-refractivity contribution is -0.00518. The van der Waals surface area contributed by atoms with E-state index in [-0.39, 0.29) is 5.91 Å². The molecular formula is C29H36N2O. The van der Waals surface area contributed by atoms with Gasteiger partial charge in [-0.2, -0.15) is 0 Å². The van der Waals surface area contributed by atoms with Crippen LogP contribution >= 0.6 is 0 Å². The second kappa shape index (κ2) is 8.33. The van der Waals surface area contributed by atoms with Gasteiger partial charge in [-0.05, 0) is 123 Å². The zero-order valence-corrected chi connectivity index (χ0v) is 19.2. The van der Waals surface area contributed by atoms with E-state index in [9.17, 15) is 4.79 Å². The molecule has 4 aliphatic carbocycles. The van der Waals surface area contributed by atoms with Gasteiger partial charge >= 0.3 is 0 Å². The Hall–Kier alpha value is -2.13. The van der Waals surface area contributed by atoms with E-state index < -0.39 is 0 Å². The summed E-state index contributed by atoms with van der Waals surface area (Å²) in [5.74, 6) is 2.85. The zero-order valence-electron chi connectivity index (χ0n) is 19.2. The Bertz CT molecular complexity index is 920. The van der Waals surface area contributed by atoms with Gasteiger partial charge in [-0.25, -0.2) is 0 Å². The number of piperidine rings is 1. The van der Waals surface area contributed by atoms with Crippen LogP contribution in [0.4, 0.5) is 5.69 Å². The molecule has 0 spiro atoms. The molecule has 1 saturated heterocycles. The molecule has 1 amide bonds. The van der Waals surface area contributed by atoms with Crippen LogP contribution in [-0.2, 0) is 12.0 Å². The smallest absolute Gasteiger partial charge is 0.255 e. The molecule has 3 heteroatoms. The first-order valence-electron chi connectivity index (χ1n) is 12.9. The number of carbonyl (C=O) groups excluding carboxylic acids is 1. The number of carbonyl (C=O) groups is 1. The van der Waals surface area contributed by atoms with E-state index in [1.807, 2.05) is 12.1 Å². The number of hydrogen-bond donors (Lipinski definition) is 1. The molecule has 168 valence electrons. The molecule has 3 nitrogen and oxygen atoms in total. The average molecular weight is 429 g/mol. The number of nitrogens with one attached hydrogen (secondary N) is 1. The number of nitrogens with zero attached hydrogens (tertiary/aromatic N) is 1. The maximum absolute atomic E-state index is 12.8. The highest BCUT2D eigenvalue weighted by Gasteiger charge is 2.51. The first-order chi connectivity index (χ1) is 15.6. The van der Waals surface area contributed by atoms with Crippen molar-refractivity contribution in [3.8, 4) is 0 Å². The van der Waals surface area contributed by atoms with E-state index in [0.717, 1.165) is 35.5 Å². The highest BCUT2D eigenvalue weighted by molar-refractivity contribution is 6.04. The summed E-state index contributed by atoms with van der Waals surface area (Å²) < 4.78 is 0. The van der Waals surface area contributed by atoms with Crippen molar-refractivity contribution >= 4 is 11.6 Å². The SMILES string of the molecule is O=C(Nc1ccc(C23CC4CC(CC(C4)C2)C3)cc1)c1ccc(CN2CCCCC2)cc1. The number of likely N-dealkylation sites (tertiary alicyclic amines) is 1. The Morgan fingerprint density at radius 2 is 1.41 bits per heavy atom. The van der Waals surface area contributed by atoms with E-state index in [2.05, 4.69) is 46.6 Å². The van der Waals surface area contributed by atoms with Gasteiger partial charge in [-0.15, -0.1) is 0 Å². The Morgan fingerprint density at radius 3 is 2.00 bits per heavy atom. The van der Waals surface area contributed by atoms with Crippen molar-refractivity contribution < 1.29 is 4.79 Å². The molecule has 1 N–H and O–H groups in total. The summed E-state index contributed by atoms with van der Waals surface area (Å²) in [7, 11) is 0. The van der Waals surface area contributed by atoms with Gasteiger partial charge in [0.05, 0.1) is 0 Å². The normalized spacial score (nSPS) is 31.6. The summed E-state index contributed by atoms with van der Waals surface area (Å²) in [5.41, 5.74) is 4.86. The minimum Gasteiger partial charge on any atom is -0.322 e. The fourth-order valence-electron chi connectivity index (χ4n) is 7.71. The lowest BCUT2D eigenvalue weighted by atomic mass is 9.48. The molecule has 5 aliphatic rings. The van der Waals surface area contributed by atoms with Crippen molar-refractivity contribution in [1.82, 2.24) is 4.90 Å². The van der Waals surface area contributed by atoms with Crippen LogP contribution in [0, 0.1) is 17.8 Å². The third-order valence-corrected chi connectivity index (χ3v) is 8.86. The molecule has 0 radical (unpaired) electrons. The Morgan fingerprint density at radius 1 is 0.812 bits per heavy atom. The van der Waals surface area contributed by atoms with Gasteiger partial charge in [0.1, 0.15) is 0 Å². The van der Waals surface area contributed by atoms with Gasteiger partial charge in [0, 0.05) is 17.8 Å². The predicted octanol–water partition coefficient (Wildman–Crippen LogP) is 6.39. The van der Waals surface area contributed by atoms with Crippen LogP contribution in [-0.4, -0.2) is 23.9 Å². The van der Waals surface area contributed by atoms with Gasteiger partial charge in [-0.3, -0.25) is 9.69 Å². The summed E-state index contributed by atoms with van der Waals surface area (Å²) in [6, 6.07) is 17.0. The summed E-state index contributed by atoms with van der Waals surface area (Å²) in [4.78, 5) is 15.3. The van der Waals surface area contributed by atoms with Crippen molar-refractivity contribution in [2.24, 2.45) is 17.8 Å². The molecular weight excluding hydrogens is 392 g/mol. The van der Waals surface area contributed by atoms with Crippen LogP contribution < -0.4 is 5.32 Å². The number of amides is 1. The van der Waals surface area contributed by atoms with Crippen LogP contribution in [0.5, 0.6) is 0 Å². The molecule has 4 bridgehead atoms. The predicted molar refractivity (Wildman–Crippen MR) is 130 cm³/mol. The molecule has 1 aliphatic heterocycles. The molecule has 5 fully saturated rings. The van der Waals surface area contributed by atoms with Crippen molar-refractivity contribution in [3.63, 3.8) is 0 Å². The zero-order chi connectivity index (χ0) is 21.5. The van der Waals surface area contributed by atoms with Crippen molar-refractivity contribution in [3.05, 3.63) is 65.2 Å². The Labute approximate surface area is 192 Å². The minimum atomic E-state index is -0.0166. The van der Waals surface area contributed by atoms with E-state index >= 15 is 0 Å². The standard InChI is InChI=1S/C29H36N2O/c32-28(25-6-4-21(5-7-25)20-31-12-2-1-3-13-31)30-27-10-8-26(9-11-27)29-17-22-14-23(18-29)16-24(15-22)19-29/h4-11,22-24H,1-3,12-20H2,(H,30,32). The molecule has 7 rings (SSSR count). The third-order valence-electron chi connectivity index (χ3n) is 8.86. The van der Waals surface area contributed by atoms with Crippen LogP contribution in [0.3, 0.4) is 0 Å². The van der Waals surface area contributed by atoms with Crippen LogP contribution in [0.15, 0.2) is 48.5 Å². The highest BCUT2D eigenvalue weighted by Crippen LogP contribution is 2.60. The number of anilines is 1. The molecule has 2 aromatic rings. The Balaban J connectivity index is 1.09. The molecule has 0 unspecified atom stereocenters. The monoisotopic (exact) mass is 428 g/mol. The molecule has 0 aromatic heterocycles. The number of hydrogen-bond acceptors (Lipinski definition) is 2. The van der Waals surface area contributed by atoms with Crippen molar-refractivity contribution in [1.29, 1.82) is 0 Å². The highest BCUT2D eigenvalue weighted by atomic mass is 16.1. The minimum absolute atomic E-state index is 0.0166. The lowest BCUT2D eigenvalue weighted by Crippen LogP contribution is -2.48. The summed E-state index contributed by atoms with van der Waals surface area (Å²) in [6.45, 7) is 3.39. The van der Waals surface area contributed by atoms with Gasteiger partial charge < -0.3 is 5.32 Å². The van der Waals surface area contributed by atoms with Gasteiger partial charge in [0.15, 0.2) is 0 Å². The molecule has 1 heterocycles. The fourth-order valence-corrected chi connectivity index (χ4v) is 7.71. The van der Waals surface area contributed by atoms with Crippen LogP contribution in [0.1, 0.15) is 79.3 Å². The quantitative estimate of drug-likeness (QED) is 0.598. The summed E-state index contributed by atoms with van der Waals surface area (Å²) in [5, 5.41) is 3.11. The van der Waals surface area contributed by atoms with Gasteiger partial charge in [0.2, 0.25) is 0 Å². The van der Waals surface area contributed by atoms with Crippen molar-refractivity contribution in [2.45, 2.75) is 69.7 Å². The van der Waals surface area contributed by atoms with Gasteiger partial charge in [0.25, 0.3) is 5.91 Å². The average Bonchev–Trinajstić information content (AvgIpc) is 2.80. The van der Waals surface area contributed by atoms with Crippen molar-refractivity contribution in [2.75, 3.05) is 18.4 Å². The van der Waals surface area contributed by atoms with E-state index in [4.69, 9.17) is 0 Å². The van der Waals surface area contributed by atoms with Gasteiger partial charge in [-0.1, -0.05) is 30.7 Å². The number of benzene rings is 2. The Kier molecular flexibility index (Phi) is 5.33. The molecule has 0 atom stereocenters. The summed E-state index contributed by atoms with van der Waals surface area (Å²) >= 11 is 0. The maximum Gasteiger partial charge on any atom is 0.255 e. The molecule has 32 heavy (non-hydrogen) atoms. The van der Waals surface area contributed by atoms with E-state index in [1.54, 1.807) is 0 Å². The first-order valence-corrected chi connectivity index (χ1v) is 12.9. The second-order valence-electron chi connectivity index (χ2n) is 11.3. The lowest BCUT2D eigenvalue weighted by Gasteiger charge is -2.57.